The lowest BCUT2D eigenvalue weighted by Crippen LogP contribution is -2.38. The number of hydrogen-bond donors (Lipinski definition) is 2. The Balaban J connectivity index is 0.00000264. The van der Waals surface area contributed by atoms with Gasteiger partial charge in [0.15, 0.2) is 5.96 Å². The summed E-state index contributed by atoms with van der Waals surface area (Å²) in [5, 5.41) is 6.34. The molecule has 2 aromatic rings. The highest BCUT2D eigenvalue weighted by atomic mass is 127. The molecule has 0 saturated carbocycles. The fourth-order valence-electron chi connectivity index (χ4n) is 1.83. The molecule has 6 heteroatoms. The summed E-state index contributed by atoms with van der Waals surface area (Å²) in [5.41, 5.74) is 1.14. The summed E-state index contributed by atoms with van der Waals surface area (Å²) in [5.74, 6) is 4.19. The standard InChI is InChI=1S/C17H18BrN3O.HI/c1-2-10-19-17(20-11-9-16-4-3-12-22-16)21-13-14-5-7-15(18)8-6-14;/h1,3-8,12H,9-11,13H2,(H2,19,20,21);1H. The molecule has 0 amide bonds. The van der Waals surface area contributed by atoms with Crippen LogP contribution in [0, 0.1) is 12.3 Å². The quantitative estimate of drug-likeness (QED) is 0.283. The molecule has 1 aromatic carbocycles. The molecule has 1 heterocycles. The molecule has 0 saturated heterocycles. The van der Waals surface area contributed by atoms with Crippen LogP contribution in [0.4, 0.5) is 0 Å². The van der Waals surface area contributed by atoms with Crippen molar-refractivity contribution in [1.82, 2.24) is 10.6 Å². The first-order chi connectivity index (χ1) is 10.8. The summed E-state index contributed by atoms with van der Waals surface area (Å²) in [6, 6.07) is 11.9. The van der Waals surface area contributed by atoms with E-state index < -0.39 is 0 Å². The fourth-order valence-corrected chi connectivity index (χ4v) is 2.09. The third kappa shape index (κ3) is 7.57. The number of terminal acetylenes is 1. The monoisotopic (exact) mass is 487 g/mol. The second kappa shape index (κ2) is 11.1. The van der Waals surface area contributed by atoms with Crippen molar-refractivity contribution >= 4 is 45.9 Å². The van der Waals surface area contributed by atoms with Crippen LogP contribution in [0.25, 0.3) is 0 Å². The highest BCUT2D eigenvalue weighted by Crippen LogP contribution is 2.11. The Labute approximate surface area is 162 Å². The molecule has 0 spiro atoms. The molecule has 0 unspecified atom stereocenters. The first-order valence-electron chi connectivity index (χ1n) is 7.00. The van der Waals surface area contributed by atoms with E-state index in [1.54, 1.807) is 6.26 Å². The fraction of sp³-hybridized carbons (Fsp3) is 0.235. The lowest BCUT2D eigenvalue weighted by Gasteiger charge is -2.10. The van der Waals surface area contributed by atoms with Gasteiger partial charge in [-0.1, -0.05) is 34.0 Å². The van der Waals surface area contributed by atoms with Crippen molar-refractivity contribution in [1.29, 1.82) is 0 Å². The largest absolute Gasteiger partial charge is 0.469 e. The number of benzene rings is 1. The average Bonchev–Trinajstić information content (AvgIpc) is 3.04. The number of furan rings is 1. The first kappa shape index (κ1) is 19.6. The number of aliphatic imine (C=N–C) groups is 1. The molecule has 0 fully saturated rings. The van der Waals surface area contributed by atoms with E-state index in [9.17, 15) is 0 Å². The van der Waals surface area contributed by atoms with Gasteiger partial charge in [-0.05, 0) is 29.8 Å². The van der Waals surface area contributed by atoms with Crippen molar-refractivity contribution in [3.05, 3.63) is 58.5 Å². The van der Waals surface area contributed by atoms with Crippen molar-refractivity contribution in [3.8, 4) is 12.3 Å². The molecule has 0 atom stereocenters. The third-order valence-electron chi connectivity index (χ3n) is 2.93. The van der Waals surface area contributed by atoms with Crippen molar-refractivity contribution in [2.45, 2.75) is 13.0 Å². The Bertz CT molecular complexity index is 633. The van der Waals surface area contributed by atoms with Crippen LogP contribution in [0.1, 0.15) is 11.3 Å². The van der Waals surface area contributed by atoms with Crippen molar-refractivity contribution < 1.29 is 4.42 Å². The molecule has 0 aliphatic heterocycles. The van der Waals surface area contributed by atoms with Gasteiger partial charge in [0, 0.05) is 17.4 Å². The molecule has 122 valence electrons. The van der Waals surface area contributed by atoms with Gasteiger partial charge in [0.2, 0.25) is 0 Å². The second-order valence-corrected chi connectivity index (χ2v) is 5.52. The minimum atomic E-state index is 0. The maximum absolute atomic E-state index is 5.30. The van der Waals surface area contributed by atoms with E-state index in [4.69, 9.17) is 10.8 Å². The summed E-state index contributed by atoms with van der Waals surface area (Å²) in [7, 11) is 0. The minimum absolute atomic E-state index is 0. The average molecular weight is 488 g/mol. The van der Waals surface area contributed by atoms with Gasteiger partial charge in [0.1, 0.15) is 5.76 Å². The van der Waals surface area contributed by atoms with E-state index in [1.807, 2.05) is 36.4 Å². The molecule has 4 nitrogen and oxygen atoms in total. The van der Waals surface area contributed by atoms with Crippen molar-refractivity contribution in [2.24, 2.45) is 4.99 Å². The molecule has 2 N–H and O–H groups in total. The zero-order chi connectivity index (χ0) is 15.6. The summed E-state index contributed by atoms with van der Waals surface area (Å²) < 4.78 is 6.36. The van der Waals surface area contributed by atoms with Crippen LogP contribution < -0.4 is 10.6 Å². The summed E-state index contributed by atoms with van der Waals surface area (Å²) in [6.07, 6.45) is 7.76. The van der Waals surface area contributed by atoms with E-state index in [0.29, 0.717) is 19.0 Å². The SMILES string of the molecule is C#CCNC(=NCc1ccc(Br)cc1)NCCc1ccco1.I. The summed E-state index contributed by atoms with van der Waals surface area (Å²) in [4.78, 5) is 4.53. The highest BCUT2D eigenvalue weighted by Gasteiger charge is 2.00. The number of rotatable bonds is 6. The van der Waals surface area contributed by atoms with Crippen LogP contribution in [0.15, 0.2) is 56.5 Å². The molecule has 0 radical (unpaired) electrons. The van der Waals surface area contributed by atoms with Gasteiger partial charge in [-0.15, -0.1) is 30.4 Å². The highest BCUT2D eigenvalue weighted by molar-refractivity contribution is 14.0. The van der Waals surface area contributed by atoms with Gasteiger partial charge in [-0.25, -0.2) is 4.99 Å². The number of nitrogens with one attached hydrogen (secondary N) is 2. The Hall–Kier alpha value is -1.46. The lowest BCUT2D eigenvalue weighted by molar-refractivity contribution is 0.507. The van der Waals surface area contributed by atoms with Crippen LogP contribution in [0.5, 0.6) is 0 Å². The van der Waals surface area contributed by atoms with E-state index in [1.165, 1.54) is 0 Å². The number of halogens is 2. The third-order valence-corrected chi connectivity index (χ3v) is 3.46. The van der Waals surface area contributed by atoms with E-state index in [-0.39, 0.29) is 24.0 Å². The Morgan fingerprint density at radius 2 is 2.00 bits per heavy atom. The van der Waals surface area contributed by atoms with Gasteiger partial charge in [0.05, 0.1) is 19.4 Å². The molecular formula is C17H19BrIN3O. The summed E-state index contributed by atoms with van der Waals surface area (Å²) in [6.45, 7) is 1.76. The number of guanidine groups is 1. The van der Waals surface area contributed by atoms with Gasteiger partial charge in [0.25, 0.3) is 0 Å². The van der Waals surface area contributed by atoms with Gasteiger partial charge in [-0.2, -0.15) is 0 Å². The zero-order valence-electron chi connectivity index (χ0n) is 12.6. The molecular weight excluding hydrogens is 469 g/mol. The van der Waals surface area contributed by atoms with Crippen molar-refractivity contribution in [2.75, 3.05) is 13.1 Å². The van der Waals surface area contributed by atoms with E-state index >= 15 is 0 Å². The van der Waals surface area contributed by atoms with Crippen LogP contribution in [-0.2, 0) is 13.0 Å². The smallest absolute Gasteiger partial charge is 0.192 e. The topological polar surface area (TPSA) is 49.6 Å². The lowest BCUT2D eigenvalue weighted by atomic mass is 10.2. The molecule has 23 heavy (non-hydrogen) atoms. The maximum atomic E-state index is 5.30. The van der Waals surface area contributed by atoms with E-state index in [2.05, 4.69) is 37.5 Å². The van der Waals surface area contributed by atoms with Gasteiger partial charge >= 0.3 is 0 Å². The molecule has 0 aliphatic carbocycles. The predicted molar refractivity (Wildman–Crippen MR) is 108 cm³/mol. The van der Waals surface area contributed by atoms with Crippen LogP contribution in [-0.4, -0.2) is 19.0 Å². The van der Waals surface area contributed by atoms with Crippen molar-refractivity contribution in [3.63, 3.8) is 0 Å². The molecule has 1 aromatic heterocycles. The van der Waals surface area contributed by atoms with E-state index in [0.717, 1.165) is 28.8 Å². The summed E-state index contributed by atoms with van der Waals surface area (Å²) >= 11 is 3.42. The van der Waals surface area contributed by atoms with Crippen LogP contribution >= 0.6 is 39.9 Å². The molecule has 0 bridgehead atoms. The van der Waals surface area contributed by atoms with Crippen LogP contribution in [0.2, 0.25) is 0 Å². The van der Waals surface area contributed by atoms with Crippen LogP contribution in [0.3, 0.4) is 0 Å². The number of hydrogen-bond acceptors (Lipinski definition) is 2. The second-order valence-electron chi connectivity index (χ2n) is 4.61. The predicted octanol–water partition coefficient (Wildman–Crippen LogP) is 3.57. The maximum Gasteiger partial charge on any atom is 0.192 e. The van der Waals surface area contributed by atoms with Gasteiger partial charge in [-0.3, -0.25) is 0 Å². The normalized spacial score (nSPS) is 10.5. The zero-order valence-corrected chi connectivity index (χ0v) is 16.5. The minimum Gasteiger partial charge on any atom is -0.469 e. The molecule has 2 rings (SSSR count). The Morgan fingerprint density at radius 3 is 2.65 bits per heavy atom. The first-order valence-corrected chi connectivity index (χ1v) is 7.79. The van der Waals surface area contributed by atoms with Gasteiger partial charge < -0.3 is 15.1 Å². The Kier molecular flexibility index (Phi) is 9.48. The molecule has 0 aliphatic rings. The number of nitrogens with zero attached hydrogens (tertiary/aromatic N) is 1. The Morgan fingerprint density at radius 1 is 1.22 bits per heavy atom.